The zero-order chi connectivity index (χ0) is 18.2. The molecule has 26 heavy (non-hydrogen) atoms. The maximum absolute atomic E-state index is 11.9. The summed E-state index contributed by atoms with van der Waals surface area (Å²) in [7, 11) is 0. The first-order chi connectivity index (χ1) is 12.7. The fraction of sp³-hybridized carbons (Fsp3) is 0.609. The smallest absolute Gasteiger partial charge is 0.306 e. The van der Waals surface area contributed by atoms with Crippen LogP contribution >= 0.6 is 0 Å². The molecule has 1 aromatic rings. The third kappa shape index (κ3) is 5.70. The minimum atomic E-state index is -0.244. The van der Waals surface area contributed by atoms with Gasteiger partial charge in [0.2, 0.25) is 0 Å². The summed E-state index contributed by atoms with van der Waals surface area (Å²) in [5.74, 6) is 0.955. The number of aryl methyl sites for hydroxylation is 1. The van der Waals surface area contributed by atoms with Gasteiger partial charge in [0, 0.05) is 12.3 Å². The predicted molar refractivity (Wildman–Crippen MR) is 104 cm³/mol. The highest BCUT2D eigenvalue weighted by molar-refractivity contribution is 5.69. The maximum Gasteiger partial charge on any atom is 0.306 e. The Hall–Kier alpha value is -1.61. The van der Waals surface area contributed by atoms with Crippen molar-refractivity contribution in [2.45, 2.75) is 76.4 Å². The molecule has 0 radical (unpaired) electrons. The van der Waals surface area contributed by atoms with E-state index in [0.717, 1.165) is 57.8 Å². The molecule has 4 atom stereocenters. The molecule has 0 spiro atoms. The van der Waals surface area contributed by atoms with Crippen LogP contribution in [0, 0.1) is 11.8 Å². The molecule has 1 aliphatic carbocycles. The van der Waals surface area contributed by atoms with Crippen LogP contribution < -0.4 is 0 Å². The van der Waals surface area contributed by atoms with Crippen molar-refractivity contribution >= 4 is 5.97 Å². The van der Waals surface area contributed by atoms with Gasteiger partial charge in [0.15, 0.2) is 0 Å². The number of aliphatic hydroxyl groups is 1. The summed E-state index contributed by atoms with van der Waals surface area (Å²) < 4.78 is 5.76. The van der Waals surface area contributed by atoms with E-state index in [4.69, 9.17) is 4.74 Å². The third-order valence-electron chi connectivity index (χ3n) is 5.99. The summed E-state index contributed by atoms with van der Waals surface area (Å²) in [6, 6.07) is 10.4. The third-order valence-corrected chi connectivity index (χ3v) is 5.99. The van der Waals surface area contributed by atoms with Crippen molar-refractivity contribution in [3.05, 3.63) is 48.0 Å². The molecule has 3 nitrogen and oxygen atoms in total. The Kier molecular flexibility index (Phi) is 7.31. The van der Waals surface area contributed by atoms with Gasteiger partial charge >= 0.3 is 5.97 Å². The van der Waals surface area contributed by atoms with Gasteiger partial charge in [-0.05, 0) is 69.3 Å². The lowest BCUT2D eigenvalue weighted by atomic mass is 9.86. The number of hydrogen-bond donors (Lipinski definition) is 1. The van der Waals surface area contributed by atoms with Crippen molar-refractivity contribution in [3.8, 4) is 0 Å². The van der Waals surface area contributed by atoms with Gasteiger partial charge in [-0.3, -0.25) is 4.79 Å². The molecule has 1 N–H and O–H groups in total. The first-order valence-electron chi connectivity index (χ1n) is 10.3. The number of ether oxygens (including phenoxy) is 1. The molecule has 1 heterocycles. The maximum atomic E-state index is 11.9. The molecule has 1 aliphatic heterocycles. The second kappa shape index (κ2) is 9.91. The number of esters is 1. The lowest BCUT2D eigenvalue weighted by Crippen LogP contribution is -2.26. The Balaban J connectivity index is 1.47. The lowest BCUT2D eigenvalue weighted by molar-refractivity contribution is -0.151. The van der Waals surface area contributed by atoms with Crippen LogP contribution in [-0.2, 0) is 16.0 Å². The second-order valence-electron chi connectivity index (χ2n) is 7.88. The standard InChI is InChI=1S/C23H32O3/c24-20(15-12-18-8-4-3-5-9-18)16-13-19-14-17-22-21(19)10-6-1-2-7-11-23(25)26-22/h1,3-6,8-9,19-22,24H,2,7,10-17H2/b6-1-/t19-,20-,21+,22-/m0/s1. The summed E-state index contributed by atoms with van der Waals surface area (Å²) in [6.45, 7) is 0. The molecule has 142 valence electrons. The first kappa shape index (κ1) is 19.2. The van der Waals surface area contributed by atoms with Crippen LogP contribution in [0.3, 0.4) is 0 Å². The number of aliphatic hydroxyl groups excluding tert-OH is 1. The van der Waals surface area contributed by atoms with Gasteiger partial charge in [-0.25, -0.2) is 0 Å². The number of rotatable bonds is 6. The van der Waals surface area contributed by atoms with Crippen molar-refractivity contribution in [3.63, 3.8) is 0 Å². The largest absolute Gasteiger partial charge is 0.462 e. The van der Waals surface area contributed by atoms with E-state index in [1.165, 1.54) is 5.56 Å². The van der Waals surface area contributed by atoms with Crippen molar-refractivity contribution < 1.29 is 14.6 Å². The summed E-state index contributed by atoms with van der Waals surface area (Å²) in [4.78, 5) is 11.9. The van der Waals surface area contributed by atoms with E-state index in [-0.39, 0.29) is 18.2 Å². The molecule has 2 aliphatic rings. The average molecular weight is 357 g/mol. The number of carbonyl (C=O) groups is 1. The van der Waals surface area contributed by atoms with Gasteiger partial charge in [-0.15, -0.1) is 0 Å². The topological polar surface area (TPSA) is 46.5 Å². The van der Waals surface area contributed by atoms with E-state index in [1.54, 1.807) is 0 Å². The monoisotopic (exact) mass is 356 g/mol. The fourth-order valence-corrected chi connectivity index (χ4v) is 4.45. The Labute approximate surface area is 157 Å². The van der Waals surface area contributed by atoms with E-state index < -0.39 is 0 Å². The van der Waals surface area contributed by atoms with Gasteiger partial charge in [0.25, 0.3) is 0 Å². The molecular formula is C23H32O3. The molecule has 3 heteroatoms. The molecule has 0 saturated heterocycles. The summed E-state index contributed by atoms with van der Waals surface area (Å²) in [5, 5.41) is 10.4. The van der Waals surface area contributed by atoms with Gasteiger partial charge in [-0.1, -0.05) is 42.5 Å². The summed E-state index contributed by atoms with van der Waals surface area (Å²) in [6.07, 6.45) is 13.5. The Morgan fingerprint density at radius 2 is 1.96 bits per heavy atom. The number of allylic oxidation sites excluding steroid dienone is 2. The quantitative estimate of drug-likeness (QED) is 0.587. The van der Waals surface area contributed by atoms with Gasteiger partial charge < -0.3 is 9.84 Å². The van der Waals surface area contributed by atoms with E-state index in [9.17, 15) is 9.90 Å². The fourth-order valence-electron chi connectivity index (χ4n) is 4.45. The van der Waals surface area contributed by atoms with Crippen molar-refractivity contribution in [1.29, 1.82) is 0 Å². The van der Waals surface area contributed by atoms with Gasteiger partial charge in [0.05, 0.1) is 6.10 Å². The highest BCUT2D eigenvalue weighted by Gasteiger charge is 2.37. The average Bonchev–Trinajstić information content (AvgIpc) is 3.04. The van der Waals surface area contributed by atoms with Crippen LogP contribution in [0.4, 0.5) is 0 Å². The van der Waals surface area contributed by atoms with Gasteiger partial charge in [0.1, 0.15) is 6.10 Å². The van der Waals surface area contributed by atoms with Crippen LogP contribution in [0.2, 0.25) is 0 Å². The van der Waals surface area contributed by atoms with Crippen molar-refractivity contribution in [1.82, 2.24) is 0 Å². The van der Waals surface area contributed by atoms with Gasteiger partial charge in [-0.2, -0.15) is 0 Å². The molecule has 1 fully saturated rings. The van der Waals surface area contributed by atoms with Crippen molar-refractivity contribution in [2.24, 2.45) is 11.8 Å². The molecule has 1 aromatic carbocycles. The van der Waals surface area contributed by atoms with Crippen LogP contribution in [0.25, 0.3) is 0 Å². The number of carbonyl (C=O) groups excluding carboxylic acids is 1. The van der Waals surface area contributed by atoms with Crippen LogP contribution in [0.15, 0.2) is 42.5 Å². The highest BCUT2D eigenvalue weighted by atomic mass is 16.5. The van der Waals surface area contributed by atoms with E-state index >= 15 is 0 Å². The van der Waals surface area contributed by atoms with Crippen LogP contribution in [0.1, 0.15) is 63.4 Å². The van der Waals surface area contributed by atoms with E-state index in [1.807, 2.05) is 6.07 Å². The SMILES string of the molecule is O=C1CCC/C=C\C[C@@H]2[C@@H](CC[C@@H](O)CCc3ccccc3)CC[C@@H]2O1. The van der Waals surface area contributed by atoms with Crippen LogP contribution in [-0.4, -0.2) is 23.3 Å². The Bertz CT molecular complexity index is 580. The molecule has 1 saturated carbocycles. The molecule has 0 unspecified atom stereocenters. The van der Waals surface area contributed by atoms with Crippen LogP contribution in [0.5, 0.6) is 0 Å². The first-order valence-corrected chi connectivity index (χ1v) is 10.3. The molecule has 0 amide bonds. The number of benzene rings is 1. The lowest BCUT2D eigenvalue weighted by Gasteiger charge is -2.25. The Morgan fingerprint density at radius 3 is 2.81 bits per heavy atom. The second-order valence-corrected chi connectivity index (χ2v) is 7.88. The van der Waals surface area contributed by atoms with E-state index in [2.05, 4.69) is 36.4 Å². The zero-order valence-corrected chi connectivity index (χ0v) is 15.7. The molecular weight excluding hydrogens is 324 g/mol. The molecule has 0 bridgehead atoms. The number of hydrogen-bond acceptors (Lipinski definition) is 3. The normalized spacial score (nSPS) is 28.8. The predicted octanol–water partition coefficient (Wildman–Crippen LogP) is 4.83. The molecule has 3 rings (SSSR count). The minimum absolute atomic E-state index is 0.0288. The highest BCUT2D eigenvalue weighted by Crippen LogP contribution is 2.40. The van der Waals surface area contributed by atoms with E-state index in [0.29, 0.717) is 18.3 Å². The summed E-state index contributed by atoms with van der Waals surface area (Å²) in [5.41, 5.74) is 1.29. The molecule has 0 aromatic heterocycles. The zero-order valence-electron chi connectivity index (χ0n) is 15.7. The summed E-state index contributed by atoms with van der Waals surface area (Å²) >= 11 is 0. The Morgan fingerprint density at radius 1 is 1.12 bits per heavy atom. The van der Waals surface area contributed by atoms with Crippen molar-refractivity contribution in [2.75, 3.05) is 0 Å². The minimum Gasteiger partial charge on any atom is -0.462 e. The number of fused-ring (bicyclic) bond motifs is 1.